The Bertz CT molecular complexity index is 376. The lowest BCUT2D eigenvalue weighted by molar-refractivity contribution is 0.881. The van der Waals surface area contributed by atoms with Crippen LogP contribution < -0.4 is 0 Å². The van der Waals surface area contributed by atoms with Crippen LogP contribution in [0.5, 0.6) is 0 Å². The van der Waals surface area contributed by atoms with Crippen LogP contribution in [0.3, 0.4) is 0 Å². The van der Waals surface area contributed by atoms with Crippen molar-refractivity contribution in [2.75, 3.05) is 0 Å². The van der Waals surface area contributed by atoms with Gasteiger partial charge < -0.3 is 0 Å². The Morgan fingerprint density at radius 2 is 2.33 bits per heavy atom. The van der Waals surface area contributed by atoms with Gasteiger partial charge in [-0.3, -0.25) is 0 Å². The molecule has 0 amide bonds. The van der Waals surface area contributed by atoms with Crippen LogP contribution in [0.15, 0.2) is 30.6 Å². The molecule has 0 bridgehead atoms. The van der Waals surface area contributed by atoms with Crippen LogP contribution in [0.25, 0.3) is 5.52 Å². The van der Waals surface area contributed by atoms with E-state index in [0.29, 0.717) is 0 Å². The molecular weight excluding hydrogens is 148 g/mol. The van der Waals surface area contributed by atoms with Gasteiger partial charge in [-0.1, -0.05) is 13.3 Å². The lowest BCUT2D eigenvalue weighted by Gasteiger charge is -2.00. The van der Waals surface area contributed by atoms with Crippen molar-refractivity contribution in [3.63, 3.8) is 0 Å². The highest BCUT2D eigenvalue weighted by Gasteiger charge is 1.98. The zero-order valence-electron chi connectivity index (χ0n) is 7.20. The summed E-state index contributed by atoms with van der Waals surface area (Å²) in [5.41, 5.74) is 2.62. The molecule has 0 atom stereocenters. The van der Waals surface area contributed by atoms with E-state index in [-0.39, 0.29) is 0 Å². The molecule has 0 aromatic carbocycles. The maximum Gasteiger partial charge on any atom is 0.0678 e. The summed E-state index contributed by atoms with van der Waals surface area (Å²) in [5, 5.41) is 4.20. The highest BCUT2D eigenvalue weighted by atomic mass is 15.2. The van der Waals surface area contributed by atoms with Crippen molar-refractivity contribution in [2.45, 2.75) is 19.8 Å². The standard InChI is InChI=1S/C10H12N2/c1-2-4-9-6-7-11-12-8-3-5-10(9)12/h3,5-8H,2,4H2,1H3. The van der Waals surface area contributed by atoms with Gasteiger partial charge in [0.15, 0.2) is 0 Å². The summed E-state index contributed by atoms with van der Waals surface area (Å²) in [7, 11) is 0. The minimum atomic E-state index is 1.13. The first-order valence-electron chi connectivity index (χ1n) is 4.33. The number of rotatable bonds is 2. The van der Waals surface area contributed by atoms with Gasteiger partial charge in [-0.2, -0.15) is 5.10 Å². The minimum Gasteiger partial charge on any atom is -0.241 e. The monoisotopic (exact) mass is 160 g/mol. The van der Waals surface area contributed by atoms with Crippen LogP contribution in [0.2, 0.25) is 0 Å². The lowest BCUT2D eigenvalue weighted by atomic mass is 10.1. The molecule has 0 saturated heterocycles. The third-order valence-corrected chi connectivity index (χ3v) is 2.04. The predicted octanol–water partition coefficient (Wildman–Crippen LogP) is 2.29. The van der Waals surface area contributed by atoms with Crippen molar-refractivity contribution >= 4 is 5.52 Å². The molecule has 12 heavy (non-hydrogen) atoms. The number of fused-ring (bicyclic) bond motifs is 1. The Balaban J connectivity index is 2.57. The summed E-state index contributed by atoms with van der Waals surface area (Å²) < 4.78 is 1.92. The van der Waals surface area contributed by atoms with E-state index >= 15 is 0 Å². The van der Waals surface area contributed by atoms with E-state index < -0.39 is 0 Å². The first-order chi connectivity index (χ1) is 5.92. The predicted molar refractivity (Wildman–Crippen MR) is 49.2 cm³/mol. The summed E-state index contributed by atoms with van der Waals surface area (Å²) in [5.74, 6) is 0. The van der Waals surface area contributed by atoms with Crippen molar-refractivity contribution in [1.29, 1.82) is 0 Å². The van der Waals surface area contributed by atoms with Crippen LogP contribution in [-0.4, -0.2) is 9.61 Å². The first-order valence-corrected chi connectivity index (χ1v) is 4.33. The Morgan fingerprint density at radius 1 is 1.42 bits per heavy atom. The summed E-state index contributed by atoms with van der Waals surface area (Å²) in [4.78, 5) is 0. The SMILES string of the molecule is CCCc1ccnn2cccc12. The van der Waals surface area contributed by atoms with Crippen molar-refractivity contribution in [1.82, 2.24) is 9.61 Å². The van der Waals surface area contributed by atoms with Crippen molar-refractivity contribution in [2.24, 2.45) is 0 Å². The van der Waals surface area contributed by atoms with Crippen molar-refractivity contribution in [3.05, 3.63) is 36.2 Å². The molecule has 2 heterocycles. The topological polar surface area (TPSA) is 17.3 Å². The van der Waals surface area contributed by atoms with Gasteiger partial charge in [0.05, 0.1) is 5.52 Å². The van der Waals surface area contributed by atoms with E-state index in [1.54, 1.807) is 0 Å². The van der Waals surface area contributed by atoms with E-state index in [2.05, 4.69) is 24.2 Å². The Morgan fingerprint density at radius 3 is 3.17 bits per heavy atom. The van der Waals surface area contributed by atoms with E-state index in [9.17, 15) is 0 Å². The summed E-state index contributed by atoms with van der Waals surface area (Å²) in [6.45, 7) is 2.19. The molecule has 0 unspecified atom stereocenters. The maximum absolute atomic E-state index is 4.20. The molecule has 2 aromatic heterocycles. The highest BCUT2D eigenvalue weighted by Crippen LogP contribution is 2.11. The van der Waals surface area contributed by atoms with Gasteiger partial charge in [-0.05, 0) is 30.2 Å². The van der Waals surface area contributed by atoms with E-state index in [1.807, 2.05) is 23.0 Å². The van der Waals surface area contributed by atoms with Gasteiger partial charge in [0, 0.05) is 12.4 Å². The third-order valence-electron chi connectivity index (χ3n) is 2.04. The van der Waals surface area contributed by atoms with Gasteiger partial charge in [-0.25, -0.2) is 4.52 Å². The number of aromatic nitrogens is 2. The zero-order chi connectivity index (χ0) is 8.39. The van der Waals surface area contributed by atoms with Crippen molar-refractivity contribution < 1.29 is 0 Å². The van der Waals surface area contributed by atoms with E-state index in [4.69, 9.17) is 0 Å². The molecule has 0 aliphatic rings. The molecule has 2 nitrogen and oxygen atoms in total. The largest absolute Gasteiger partial charge is 0.241 e. The van der Waals surface area contributed by atoms with Gasteiger partial charge in [-0.15, -0.1) is 0 Å². The van der Waals surface area contributed by atoms with Crippen LogP contribution >= 0.6 is 0 Å². The third kappa shape index (κ3) is 1.09. The smallest absolute Gasteiger partial charge is 0.0678 e. The number of nitrogens with zero attached hydrogens (tertiary/aromatic N) is 2. The molecule has 2 heteroatoms. The average molecular weight is 160 g/mol. The van der Waals surface area contributed by atoms with Gasteiger partial charge in [0.25, 0.3) is 0 Å². The molecular formula is C10H12N2. The van der Waals surface area contributed by atoms with Gasteiger partial charge >= 0.3 is 0 Å². The minimum absolute atomic E-state index is 1.13. The molecule has 0 saturated carbocycles. The second-order valence-electron chi connectivity index (χ2n) is 2.94. The van der Waals surface area contributed by atoms with Gasteiger partial charge in [0.1, 0.15) is 0 Å². The summed E-state index contributed by atoms with van der Waals surface area (Å²) >= 11 is 0. The fourth-order valence-electron chi connectivity index (χ4n) is 1.49. The fraction of sp³-hybridized carbons (Fsp3) is 0.300. The Kier molecular flexibility index (Phi) is 1.82. The number of aryl methyl sites for hydroxylation is 1. The highest BCUT2D eigenvalue weighted by molar-refractivity contribution is 5.53. The molecule has 2 aromatic rings. The number of hydrogen-bond acceptors (Lipinski definition) is 1. The Hall–Kier alpha value is -1.31. The van der Waals surface area contributed by atoms with Crippen LogP contribution in [0, 0.1) is 0 Å². The number of hydrogen-bond donors (Lipinski definition) is 0. The van der Waals surface area contributed by atoms with Crippen molar-refractivity contribution in [3.8, 4) is 0 Å². The van der Waals surface area contributed by atoms with Crippen LogP contribution in [0.4, 0.5) is 0 Å². The molecule has 0 radical (unpaired) electrons. The maximum atomic E-state index is 4.20. The molecule has 0 fully saturated rings. The fourth-order valence-corrected chi connectivity index (χ4v) is 1.49. The molecule has 62 valence electrons. The molecule has 0 N–H and O–H groups in total. The normalized spacial score (nSPS) is 10.8. The second-order valence-corrected chi connectivity index (χ2v) is 2.94. The first kappa shape index (κ1) is 7.35. The zero-order valence-corrected chi connectivity index (χ0v) is 7.20. The average Bonchev–Trinajstić information content (AvgIpc) is 2.53. The molecule has 0 spiro atoms. The summed E-state index contributed by atoms with van der Waals surface area (Å²) in [6, 6.07) is 6.23. The molecule has 2 rings (SSSR count). The second kappa shape index (κ2) is 2.97. The quantitative estimate of drug-likeness (QED) is 0.658. The van der Waals surface area contributed by atoms with Crippen LogP contribution in [-0.2, 0) is 6.42 Å². The Labute approximate surface area is 71.8 Å². The van der Waals surface area contributed by atoms with Gasteiger partial charge in [0.2, 0.25) is 0 Å². The lowest BCUT2D eigenvalue weighted by Crippen LogP contribution is -1.93. The van der Waals surface area contributed by atoms with Crippen LogP contribution in [0.1, 0.15) is 18.9 Å². The molecule has 0 aliphatic heterocycles. The summed E-state index contributed by atoms with van der Waals surface area (Å²) in [6.07, 6.45) is 6.16. The molecule has 0 aliphatic carbocycles. The van der Waals surface area contributed by atoms with E-state index in [1.165, 1.54) is 17.5 Å². The van der Waals surface area contributed by atoms with E-state index in [0.717, 1.165) is 6.42 Å².